The Balaban J connectivity index is 0.000000220. The van der Waals surface area contributed by atoms with Gasteiger partial charge in [0.15, 0.2) is 0 Å². The topological polar surface area (TPSA) is 52.7 Å². The first kappa shape index (κ1) is 28.3. The first-order valence-corrected chi connectivity index (χ1v) is 12.7. The molecule has 0 unspecified atom stereocenters. The van der Waals surface area contributed by atoms with Gasteiger partial charge < -0.3 is 15.1 Å². The van der Waals surface area contributed by atoms with Gasteiger partial charge in [-0.1, -0.05) is 51.5 Å². The van der Waals surface area contributed by atoms with Crippen LogP contribution in [0.5, 0.6) is 0 Å². The summed E-state index contributed by atoms with van der Waals surface area (Å²) in [5.41, 5.74) is 3.17. The van der Waals surface area contributed by atoms with Crippen molar-refractivity contribution in [1.29, 1.82) is 0 Å². The van der Waals surface area contributed by atoms with Gasteiger partial charge in [-0.25, -0.2) is 0 Å². The molecule has 0 bridgehead atoms. The number of hydrogen-bond donors (Lipinski definition) is 1. The molecule has 5 nitrogen and oxygen atoms in total. The molecule has 8 heteroatoms. The fourth-order valence-electron chi connectivity index (χ4n) is 4.65. The second-order valence-electron chi connectivity index (χ2n) is 10.2. The number of nitrogens with one attached hydrogen (secondary N) is 1. The van der Waals surface area contributed by atoms with Gasteiger partial charge in [0.1, 0.15) is 0 Å². The van der Waals surface area contributed by atoms with Crippen LogP contribution < -0.4 is 15.1 Å². The van der Waals surface area contributed by atoms with Crippen LogP contribution in [-0.2, 0) is 22.2 Å². The molecule has 0 aliphatic carbocycles. The van der Waals surface area contributed by atoms with Crippen LogP contribution in [0.3, 0.4) is 0 Å². The van der Waals surface area contributed by atoms with Crippen LogP contribution in [0.1, 0.15) is 63.6 Å². The number of rotatable bonds is 4. The summed E-state index contributed by atoms with van der Waals surface area (Å²) in [4.78, 5) is 27.2. The lowest BCUT2D eigenvalue weighted by Crippen LogP contribution is -2.43. The number of amides is 2. The number of hydrogen-bond acceptors (Lipinski definition) is 3. The molecular weight excluding hydrogens is 479 g/mol. The van der Waals surface area contributed by atoms with Crippen molar-refractivity contribution in [3.63, 3.8) is 0 Å². The lowest BCUT2D eigenvalue weighted by molar-refractivity contribution is -0.137. The van der Waals surface area contributed by atoms with Crippen molar-refractivity contribution < 1.29 is 22.8 Å². The van der Waals surface area contributed by atoms with E-state index in [-0.39, 0.29) is 11.8 Å². The van der Waals surface area contributed by atoms with E-state index in [2.05, 4.69) is 17.5 Å². The van der Waals surface area contributed by atoms with E-state index in [1.54, 1.807) is 23.8 Å². The molecule has 2 aliphatic heterocycles. The van der Waals surface area contributed by atoms with E-state index in [0.29, 0.717) is 18.7 Å². The highest BCUT2D eigenvalue weighted by molar-refractivity contribution is 5.98. The van der Waals surface area contributed by atoms with Crippen LogP contribution >= 0.6 is 0 Å². The summed E-state index contributed by atoms with van der Waals surface area (Å²) in [5.74, 6) is -0.0454. The van der Waals surface area contributed by atoms with E-state index in [9.17, 15) is 22.8 Å². The van der Waals surface area contributed by atoms with Crippen LogP contribution in [0, 0.1) is 5.41 Å². The molecule has 0 fully saturated rings. The number of anilines is 3. The number of alkyl halides is 3. The molecule has 0 saturated carbocycles. The summed E-state index contributed by atoms with van der Waals surface area (Å²) < 4.78 is 38.8. The third-order valence-electron chi connectivity index (χ3n) is 6.83. The minimum absolute atomic E-state index is 0.0429. The van der Waals surface area contributed by atoms with Crippen LogP contribution in [0.2, 0.25) is 0 Å². The quantitative estimate of drug-likeness (QED) is 0.481. The third-order valence-corrected chi connectivity index (χ3v) is 6.83. The number of carbonyl (C=O) groups excluding carboxylic acids is 2. The van der Waals surface area contributed by atoms with E-state index < -0.39 is 17.2 Å². The van der Waals surface area contributed by atoms with E-state index in [1.165, 1.54) is 11.6 Å². The fourth-order valence-corrected chi connectivity index (χ4v) is 4.65. The zero-order valence-corrected chi connectivity index (χ0v) is 22.2. The first-order chi connectivity index (χ1) is 17.3. The predicted octanol–water partition coefficient (Wildman–Crippen LogP) is 6.92. The molecule has 2 heterocycles. The van der Waals surface area contributed by atoms with Gasteiger partial charge >= 0.3 is 6.18 Å². The Morgan fingerprint density at radius 2 is 1.84 bits per heavy atom. The molecule has 0 atom stereocenters. The Kier molecular flexibility index (Phi) is 8.72. The van der Waals surface area contributed by atoms with Crippen molar-refractivity contribution in [3.8, 4) is 0 Å². The Hall–Kier alpha value is -3.29. The van der Waals surface area contributed by atoms with Gasteiger partial charge in [0.2, 0.25) is 11.8 Å². The summed E-state index contributed by atoms with van der Waals surface area (Å²) in [6, 6.07) is 9.70. The molecule has 4 rings (SSSR count). The minimum atomic E-state index is -4.39. The second kappa shape index (κ2) is 11.4. The van der Waals surface area contributed by atoms with Crippen LogP contribution in [0.25, 0.3) is 6.08 Å². The Morgan fingerprint density at radius 3 is 2.49 bits per heavy atom. The van der Waals surface area contributed by atoms with Crippen molar-refractivity contribution >= 4 is 35.0 Å². The Bertz CT molecular complexity index is 1170. The van der Waals surface area contributed by atoms with E-state index in [1.807, 2.05) is 39.0 Å². The zero-order chi connectivity index (χ0) is 27.4. The van der Waals surface area contributed by atoms with Crippen molar-refractivity contribution in [3.05, 3.63) is 59.2 Å². The van der Waals surface area contributed by atoms with Gasteiger partial charge in [-0.15, -0.1) is 0 Å². The third kappa shape index (κ3) is 6.73. The molecule has 37 heavy (non-hydrogen) atoms. The smallest absolute Gasteiger partial charge is 0.381 e. The standard InChI is InChI=1S/C17H22F3NO.C12H14N2O/c1-4-9-16(2,3)15(22)21-10-5-6-12-7-8-13(11-14(12)21)17(18,19)20;1-9(15)14(2)11-6-5-10-4-3-7-13-12(10)8-11/h7-8,11H,4-6,9-10H2,1-3H3;3-6,8,13H,7H2,1-2H3. The summed E-state index contributed by atoms with van der Waals surface area (Å²) >= 11 is 0. The molecule has 2 aromatic rings. The number of halogens is 3. The van der Waals surface area contributed by atoms with Crippen molar-refractivity contribution in [2.45, 2.75) is 59.6 Å². The molecular formula is C29H36F3N3O2. The predicted molar refractivity (Wildman–Crippen MR) is 144 cm³/mol. The number of benzene rings is 2. The highest BCUT2D eigenvalue weighted by atomic mass is 19.4. The van der Waals surface area contributed by atoms with Gasteiger partial charge in [0, 0.05) is 49.5 Å². The minimum Gasteiger partial charge on any atom is -0.381 e. The zero-order valence-electron chi connectivity index (χ0n) is 22.2. The monoisotopic (exact) mass is 515 g/mol. The maximum atomic E-state index is 12.9. The summed E-state index contributed by atoms with van der Waals surface area (Å²) in [6.07, 6.45) is 2.86. The second-order valence-corrected chi connectivity index (χ2v) is 10.2. The van der Waals surface area contributed by atoms with Crippen LogP contribution in [0.4, 0.5) is 30.2 Å². The Labute approximate surface area is 217 Å². The van der Waals surface area contributed by atoms with Crippen LogP contribution in [-0.4, -0.2) is 32.0 Å². The van der Waals surface area contributed by atoms with Gasteiger partial charge in [0.25, 0.3) is 0 Å². The average molecular weight is 516 g/mol. The van der Waals surface area contributed by atoms with Gasteiger partial charge in [0.05, 0.1) is 5.56 Å². The molecule has 0 radical (unpaired) electrons. The van der Waals surface area contributed by atoms with Gasteiger partial charge in [-0.05, 0) is 54.7 Å². The van der Waals surface area contributed by atoms with E-state index >= 15 is 0 Å². The molecule has 1 N–H and O–H groups in total. The highest BCUT2D eigenvalue weighted by Gasteiger charge is 2.36. The average Bonchev–Trinajstić information content (AvgIpc) is 2.86. The molecule has 2 aromatic carbocycles. The number of carbonyl (C=O) groups is 2. The van der Waals surface area contributed by atoms with E-state index in [4.69, 9.17) is 0 Å². The molecule has 2 aliphatic rings. The summed E-state index contributed by atoms with van der Waals surface area (Å²) in [7, 11) is 1.78. The lowest BCUT2D eigenvalue weighted by atomic mass is 9.85. The van der Waals surface area contributed by atoms with Gasteiger partial charge in [-0.2, -0.15) is 13.2 Å². The van der Waals surface area contributed by atoms with Crippen LogP contribution in [0.15, 0.2) is 42.5 Å². The molecule has 0 aromatic heterocycles. The number of nitrogens with zero attached hydrogens (tertiary/aromatic N) is 2. The molecule has 0 saturated heterocycles. The maximum absolute atomic E-state index is 12.9. The lowest BCUT2D eigenvalue weighted by Gasteiger charge is -2.36. The maximum Gasteiger partial charge on any atom is 0.416 e. The molecule has 2 amide bonds. The van der Waals surface area contributed by atoms with Crippen molar-refractivity contribution in [1.82, 2.24) is 0 Å². The van der Waals surface area contributed by atoms with E-state index in [0.717, 1.165) is 54.9 Å². The fraction of sp³-hybridized carbons (Fsp3) is 0.448. The normalized spacial score (nSPS) is 14.5. The van der Waals surface area contributed by atoms with Crippen molar-refractivity contribution in [2.75, 3.05) is 35.3 Å². The molecule has 0 spiro atoms. The molecule has 200 valence electrons. The first-order valence-electron chi connectivity index (χ1n) is 12.7. The SMILES string of the molecule is CC(=O)N(C)c1ccc2c(c1)NCC=C2.CCCC(C)(C)C(=O)N1CCCc2ccc(C(F)(F)F)cc21. The van der Waals surface area contributed by atoms with Crippen molar-refractivity contribution in [2.24, 2.45) is 5.41 Å². The summed E-state index contributed by atoms with van der Waals surface area (Å²) in [6.45, 7) is 8.62. The Morgan fingerprint density at radius 1 is 1.11 bits per heavy atom. The summed E-state index contributed by atoms with van der Waals surface area (Å²) in [5, 5.41) is 3.27. The number of fused-ring (bicyclic) bond motifs is 2. The largest absolute Gasteiger partial charge is 0.416 e. The van der Waals surface area contributed by atoms with Gasteiger partial charge in [-0.3, -0.25) is 9.59 Å². The number of aryl methyl sites for hydroxylation is 1. The highest BCUT2D eigenvalue weighted by Crippen LogP contribution is 2.38.